The number of rotatable bonds is 5. The topological polar surface area (TPSA) is 35.5 Å². The fourth-order valence-corrected chi connectivity index (χ4v) is 3.11. The summed E-state index contributed by atoms with van der Waals surface area (Å²) in [6, 6.07) is 6.10. The van der Waals surface area contributed by atoms with Crippen LogP contribution in [0.15, 0.2) is 18.2 Å². The van der Waals surface area contributed by atoms with Gasteiger partial charge in [0.25, 0.3) is 0 Å². The van der Waals surface area contributed by atoms with E-state index in [4.69, 9.17) is 11.6 Å². The number of halogens is 1. The molecule has 2 unspecified atom stereocenters. The third kappa shape index (κ3) is 3.66. The Morgan fingerprint density at radius 3 is 2.95 bits per heavy atom. The first-order chi connectivity index (χ1) is 9.63. The Kier molecular flexibility index (Phi) is 5.70. The molecule has 0 radical (unpaired) electrons. The zero-order valence-corrected chi connectivity index (χ0v) is 13.2. The largest absolute Gasteiger partial charge is 0.393 e. The van der Waals surface area contributed by atoms with Gasteiger partial charge in [0, 0.05) is 19.6 Å². The van der Waals surface area contributed by atoms with Crippen LogP contribution in [0, 0.1) is 5.92 Å². The predicted molar refractivity (Wildman–Crippen MR) is 85.5 cm³/mol. The number of aliphatic hydroxyl groups is 1. The van der Waals surface area contributed by atoms with Crippen LogP contribution in [0.2, 0.25) is 5.02 Å². The van der Waals surface area contributed by atoms with E-state index in [-0.39, 0.29) is 12.0 Å². The Morgan fingerprint density at radius 1 is 1.45 bits per heavy atom. The number of piperidine rings is 1. The van der Waals surface area contributed by atoms with Gasteiger partial charge in [-0.15, -0.1) is 0 Å². The van der Waals surface area contributed by atoms with Crippen molar-refractivity contribution in [1.29, 1.82) is 0 Å². The normalized spacial score (nSPS) is 23.1. The summed E-state index contributed by atoms with van der Waals surface area (Å²) in [7, 11) is 0. The Labute approximate surface area is 126 Å². The molecule has 2 atom stereocenters. The number of hydrogen-bond acceptors (Lipinski definition) is 3. The molecule has 1 saturated heterocycles. The molecule has 0 bridgehead atoms. The maximum absolute atomic E-state index is 9.88. The quantitative estimate of drug-likeness (QED) is 0.820. The summed E-state index contributed by atoms with van der Waals surface area (Å²) >= 11 is 6.43. The SMILES string of the molecule is CCCNCc1cccc(Cl)c1N1CCC(O)C(C)C1. The molecule has 4 heteroatoms. The van der Waals surface area contributed by atoms with Gasteiger partial charge >= 0.3 is 0 Å². The summed E-state index contributed by atoms with van der Waals surface area (Å²) < 4.78 is 0. The van der Waals surface area contributed by atoms with Crippen LogP contribution in [0.25, 0.3) is 0 Å². The highest BCUT2D eigenvalue weighted by atomic mass is 35.5. The first-order valence-corrected chi connectivity index (χ1v) is 7.92. The summed E-state index contributed by atoms with van der Waals surface area (Å²) in [5.74, 6) is 0.288. The van der Waals surface area contributed by atoms with Crippen molar-refractivity contribution in [3.63, 3.8) is 0 Å². The fourth-order valence-electron chi connectivity index (χ4n) is 2.79. The maximum atomic E-state index is 9.88. The number of nitrogens with zero attached hydrogens (tertiary/aromatic N) is 1. The van der Waals surface area contributed by atoms with Gasteiger partial charge in [0.05, 0.1) is 16.8 Å². The number of anilines is 1. The monoisotopic (exact) mass is 296 g/mol. The number of hydrogen-bond donors (Lipinski definition) is 2. The molecule has 1 heterocycles. The predicted octanol–water partition coefficient (Wildman–Crippen LogP) is 3.05. The maximum Gasteiger partial charge on any atom is 0.0642 e. The highest BCUT2D eigenvalue weighted by molar-refractivity contribution is 6.33. The van der Waals surface area contributed by atoms with Crippen LogP contribution in [-0.4, -0.2) is 30.8 Å². The van der Waals surface area contributed by atoms with Crippen LogP contribution < -0.4 is 10.2 Å². The molecule has 20 heavy (non-hydrogen) atoms. The second kappa shape index (κ2) is 7.30. The minimum Gasteiger partial charge on any atom is -0.393 e. The van der Waals surface area contributed by atoms with Gasteiger partial charge in [0.2, 0.25) is 0 Å². The molecule has 112 valence electrons. The van der Waals surface area contributed by atoms with Gasteiger partial charge in [-0.25, -0.2) is 0 Å². The lowest BCUT2D eigenvalue weighted by Crippen LogP contribution is -2.42. The molecule has 1 fully saturated rings. The fraction of sp³-hybridized carbons (Fsp3) is 0.625. The first-order valence-electron chi connectivity index (χ1n) is 7.54. The van der Waals surface area contributed by atoms with E-state index in [0.29, 0.717) is 0 Å². The number of para-hydroxylation sites is 1. The highest BCUT2D eigenvalue weighted by Crippen LogP contribution is 2.33. The first kappa shape index (κ1) is 15.6. The molecule has 0 aliphatic carbocycles. The van der Waals surface area contributed by atoms with Crippen LogP contribution in [0.1, 0.15) is 32.3 Å². The van der Waals surface area contributed by atoms with Gasteiger partial charge < -0.3 is 15.3 Å². The summed E-state index contributed by atoms with van der Waals surface area (Å²) in [6.45, 7) is 7.86. The van der Waals surface area contributed by atoms with Crippen LogP contribution >= 0.6 is 11.6 Å². The van der Waals surface area contributed by atoms with Crippen molar-refractivity contribution >= 4 is 17.3 Å². The Bertz CT molecular complexity index is 438. The number of nitrogens with one attached hydrogen (secondary N) is 1. The molecule has 0 spiro atoms. The Hall–Kier alpha value is -0.770. The summed E-state index contributed by atoms with van der Waals surface area (Å²) in [4.78, 5) is 2.32. The third-order valence-electron chi connectivity index (χ3n) is 3.99. The lowest BCUT2D eigenvalue weighted by molar-refractivity contribution is 0.0970. The molecule has 0 aromatic heterocycles. The van der Waals surface area contributed by atoms with Crippen molar-refractivity contribution < 1.29 is 5.11 Å². The van der Waals surface area contributed by atoms with Gasteiger partial charge in [0.1, 0.15) is 0 Å². The molecule has 3 nitrogen and oxygen atoms in total. The van der Waals surface area contributed by atoms with E-state index < -0.39 is 0 Å². The second-order valence-electron chi connectivity index (χ2n) is 5.70. The minimum atomic E-state index is -0.185. The average Bonchev–Trinajstić information content (AvgIpc) is 2.43. The van der Waals surface area contributed by atoms with E-state index >= 15 is 0 Å². The molecule has 2 N–H and O–H groups in total. The second-order valence-corrected chi connectivity index (χ2v) is 6.11. The van der Waals surface area contributed by atoms with E-state index in [9.17, 15) is 5.11 Å². The van der Waals surface area contributed by atoms with Gasteiger partial charge in [-0.05, 0) is 36.9 Å². The zero-order chi connectivity index (χ0) is 14.5. The molecule has 1 aliphatic rings. The van der Waals surface area contributed by atoms with E-state index in [1.165, 1.54) is 5.56 Å². The molecular weight excluding hydrogens is 272 g/mol. The van der Waals surface area contributed by atoms with Crippen LogP contribution in [-0.2, 0) is 6.54 Å². The minimum absolute atomic E-state index is 0.185. The van der Waals surface area contributed by atoms with Crippen molar-refractivity contribution in [1.82, 2.24) is 5.32 Å². The lowest BCUT2D eigenvalue weighted by atomic mass is 9.95. The van der Waals surface area contributed by atoms with Crippen molar-refractivity contribution in [2.75, 3.05) is 24.5 Å². The Morgan fingerprint density at radius 2 is 2.25 bits per heavy atom. The molecule has 1 aliphatic heterocycles. The summed E-state index contributed by atoms with van der Waals surface area (Å²) in [5.41, 5.74) is 2.38. The number of benzene rings is 1. The van der Waals surface area contributed by atoms with Gasteiger partial charge in [-0.2, -0.15) is 0 Å². The van der Waals surface area contributed by atoms with Crippen LogP contribution in [0.4, 0.5) is 5.69 Å². The van der Waals surface area contributed by atoms with E-state index in [1.54, 1.807) is 0 Å². The standard InChI is InChI=1S/C16H25ClN2O/c1-3-8-18-10-13-5-4-6-14(17)16(13)19-9-7-15(20)12(2)11-19/h4-6,12,15,18,20H,3,7-11H2,1-2H3. The number of aliphatic hydroxyl groups excluding tert-OH is 1. The molecule has 2 rings (SSSR count). The lowest BCUT2D eigenvalue weighted by Gasteiger charge is -2.37. The van der Waals surface area contributed by atoms with E-state index in [0.717, 1.165) is 49.7 Å². The van der Waals surface area contributed by atoms with Gasteiger partial charge in [-0.1, -0.05) is 37.6 Å². The Balaban J connectivity index is 2.16. The highest BCUT2D eigenvalue weighted by Gasteiger charge is 2.26. The van der Waals surface area contributed by atoms with E-state index in [1.807, 2.05) is 12.1 Å². The molecular formula is C16H25ClN2O. The van der Waals surface area contributed by atoms with Crippen molar-refractivity contribution in [3.05, 3.63) is 28.8 Å². The molecule has 0 amide bonds. The summed E-state index contributed by atoms with van der Waals surface area (Å²) in [5, 5.41) is 14.1. The van der Waals surface area contributed by atoms with E-state index in [2.05, 4.69) is 30.1 Å². The van der Waals surface area contributed by atoms with Crippen molar-refractivity contribution in [2.24, 2.45) is 5.92 Å². The molecule has 0 saturated carbocycles. The average molecular weight is 297 g/mol. The van der Waals surface area contributed by atoms with Gasteiger partial charge in [-0.3, -0.25) is 0 Å². The van der Waals surface area contributed by atoms with Crippen LogP contribution in [0.3, 0.4) is 0 Å². The molecule has 1 aromatic carbocycles. The third-order valence-corrected chi connectivity index (χ3v) is 4.29. The zero-order valence-electron chi connectivity index (χ0n) is 12.4. The van der Waals surface area contributed by atoms with Gasteiger partial charge in [0.15, 0.2) is 0 Å². The smallest absolute Gasteiger partial charge is 0.0642 e. The summed E-state index contributed by atoms with van der Waals surface area (Å²) in [6.07, 6.45) is 1.76. The van der Waals surface area contributed by atoms with Crippen LogP contribution in [0.5, 0.6) is 0 Å². The van der Waals surface area contributed by atoms with Crippen molar-refractivity contribution in [3.8, 4) is 0 Å². The van der Waals surface area contributed by atoms with Crippen molar-refractivity contribution in [2.45, 2.75) is 39.3 Å². The molecule has 1 aromatic rings.